The van der Waals surface area contributed by atoms with Crippen molar-refractivity contribution >= 4 is 27.3 Å². The number of benzene rings is 1. The summed E-state index contributed by atoms with van der Waals surface area (Å²) in [4.78, 5) is 0. The van der Waals surface area contributed by atoms with Crippen molar-refractivity contribution in [2.45, 2.75) is 25.4 Å². The van der Waals surface area contributed by atoms with Crippen LogP contribution in [0.2, 0.25) is 0 Å². The van der Waals surface area contributed by atoms with Gasteiger partial charge < -0.3 is 10.1 Å². The molecular weight excluding hydrogens is 333 g/mol. The highest BCUT2D eigenvalue weighted by Gasteiger charge is 2.21. The van der Waals surface area contributed by atoms with Crippen LogP contribution in [-0.2, 0) is 6.54 Å². The van der Waals surface area contributed by atoms with E-state index in [1.54, 1.807) is 6.07 Å². The lowest BCUT2D eigenvalue weighted by molar-refractivity contribution is 0.464. The molecule has 1 heterocycles. The van der Waals surface area contributed by atoms with Crippen molar-refractivity contribution < 1.29 is 9.13 Å². The normalized spacial score (nSPS) is 14.6. The van der Waals surface area contributed by atoms with Crippen LogP contribution in [0.5, 0.6) is 10.9 Å². The number of aromatic nitrogens is 2. The first kappa shape index (κ1) is 13.0. The van der Waals surface area contributed by atoms with E-state index in [4.69, 9.17) is 4.74 Å². The summed E-state index contributed by atoms with van der Waals surface area (Å²) in [5, 5.41) is 12.6. The summed E-state index contributed by atoms with van der Waals surface area (Å²) in [6, 6.07) is 4.90. The van der Waals surface area contributed by atoms with Gasteiger partial charge in [0.15, 0.2) is 0 Å². The monoisotopic (exact) mass is 343 g/mol. The summed E-state index contributed by atoms with van der Waals surface area (Å²) in [5.74, 6) is 0.0520. The van der Waals surface area contributed by atoms with Crippen molar-refractivity contribution in [3.63, 3.8) is 0 Å². The molecule has 0 saturated heterocycles. The molecular formula is C12H11BrFN3OS. The number of halogens is 2. The smallest absolute Gasteiger partial charge is 0.299 e. The third-order valence-electron chi connectivity index (χ3n) is 2.66. The predicted molar refractivity (Wildman–Crippen MR) is 73.9 cm³/mol. The minimum atomic E-state index is -0.349. The molecule has 4 nitrogen and oxygen atoms in total. The van der Waals surface area contributed by atoms with Gasteiger partial charge in [0.25, 0.3) is 5.19 Å². The Morgan fingerprint density at radius 2 is 2.26 bits per heavy atom. The van der Waals surface area contributed by atoms with Crippen LogP contribution in [-0.4, -0.2) is 16.2 Å². The van der Waals surface area contributed by atoms with E-state index in [0.29, 0.717) is 28.0 Å². The summed E-state index contributed by atoms with van der Waals surface area (Å²) < 4.78 is 19.3. The first-order chi connectivity index (χ1) is 9.20. The second-order valence-corrected chi connectivity index (χ2v) is 6.17. The molecule has 0 amide bonds. The van der Waals surface area contributed by atoms with Crippen molar-refractivity contribution in [3.8, 4) is 10.9 Å². The van der Waals surface area contributed by atoms with E-state index >= 15 is 0 Å². The Bertz CT molecular complexity index is 588. The van der Waals surface area contributed by atoms with Gasteiger partial charge in [-0.05, 0) is 40.9 Å². The van der Waals surface area contributed by atoms with E-state index in [1.807, 2.05) is 0 Å². The Hall–Kier alpha value is -1.05. The van der Waals surface area contributed by atoms with Crippen molar-refractivity contribution in [2.75, 3.05) is 0 Å². The average Bonchev–Trinajstić information content (AvgIpc) is 3.12. The maximum absolute atomic E-state index is 13.1. The van der Waals surface area contributed by atoms with Gasteiger partial charge in [-0.1, -0.05) is 16.4 Å². The van der Waals surface area contributed by atoms with Crippen LogP contribution in [0.15, 0.2) is 22.7 Å². The van der Waals surface area contributed by atoms with E-state index in [-0.39, 0.29) is 5.82 Å². The summed E-state index contributed by atoms with van der Waals surface area (Å²) in [6.07, 6.45) is 2.47. The molecule has 1 N–H and O–H groups in total. The number of rotatable bonds is 5. The zero-order chi connectivity index (χ0) is 13.2. The fourth-order valence-corrected chi connectivity index (χ4v) is 2.50. The van der Waals surface area contributed by atoms with Crippen LogP contribution >= 0.6 is 27.3 Å². The van der Waals surface area contributed by atoms with Gasteiger partial charge in [-0.2, -0.15) is 0 Å². The lowest BCUT2D eigenvalue weighted by atomic mass is 10.3. The van der Waals surface area contributed by atoms with Gasteiger partial charge >= 0.3 is 0 Å². The zero-order valence-electron chi connectivity index (χ0n) is 9.90. The molecule has 1 aromatic heterocycles. The van der Waals surface area contributed by atoms with Crippen molar-refractivity contribution in [1.82, 2.24) is 15.5 Å². The van der Waals surface area contributed by atoms with Gasteiger partial charge in [0.2, 0.25) is 0 Å². The zero-order valence-corrected chi connectivity index (χ0v) is 12.3. The van der Waals surface area contributed by atoms with Crippen molar-refractivity contribution in [1.29, 1.82) is 0 Å². The Labute approximate surface area is 122 Å². The van der Waals surface area contributed by atoms with Gasteiger partial charge in [0.1, 0.15) is 16.6 Å². The number of nitrogens with zero attached hydrogens (tertiary/aromatic N) is 2. The Balaban J connectivity index is 1.66. The van der Waals surface area contributed by atoms with Crippen LogP contribution in [0, 0.1) is 5.82 Å². The van der Waals surface area contributed by atoms with E-state index in [9.17, 15) is 4.39 Å². The van der Waals surface area contributed by atoms with Crippen LogP contribution in [0.25, 0.3) is 0 Å². The molecule has 1 aliphatic rings. The van der Waals surface area contributed by atoms with Crippen molar-refractivity contribution in [3.05, 3.63) is 33.5 Å². The lowest BCUT2D eigenvalue weighted by Crippen LogP contribution is -2.14. The van der Waals surface area contributed by atoms with Crippen molar-refractivity contribution in [2.24, 2.45) is 0 Å². The fraction of sp³-hybridized carbons (Fsp3) is 0.333. The van der Waals surface area contributed by atoms with Gasteiger partial charge in [-0.15, -0.1) is 5.10 Å². The maximum Gasteiger partial charge on any atom is 0.299 e. The molecule has 0 unspecified atom stereocenters. The predicted octanol–water partition coefficient (Wildman–Crippen LogP) is 3.48. The molecule has 19 heavy (non-hydrogen) atoms. The summed E-state index contributed by atoms with van der Waals surface area (Å²) in [6.45, 7) is 0.704. The third-order valence-corrected chi connectivity index (χ3v) is 4.11. The van der Waals surface area contributed by atoms with Crippen LogP contribution < -0.4 is 10.1 Å². The molecule has 0 bridgehead atoms. The topological polar surface area (TPSA) is 47.0 Å². The van der Waals surface area contributed by atoms with Crippen LogP contribution in [0.1, 0.15) is 17.8 Å². The molecule has 7 heteroatoms. The van der Waals surface area contributed by atoms with Crippen LogP contribution in [0.3, 0.4) is 0 Å². The summed E-state index contributed by atoms with van der Waals surface area (Å²) in [5.41, 5.74) is 0. The first-order valence-electron chi connectivity index (χ1n) is 5.89. The molecule has 2 aromatic rings. The highest BCUT2D eigenvalue weighted by molar-refractivity contribution is 9.10. The molecule has 0 radical (unpaired) electrons. The molecule has 3 rings (SSSR count). The Morgan fingerprint density at radius 3 is 3.05 bits per heavy atom. The highest BCUT2D eigenvalue weighted by atomic mass is 79.9. The summed E-state index contributed by atoms with van der Waals surface area (Å²) in [7, 11) is 0. The molecule has 1 fully saturated rings. The number of nitrogens with one attached hydrogen (secondary N) is 1. The number of ether oxygens (including phenoxy) is 1. The quantitative estimate of drug-likeness (QED) is 0.902. The van der Waals surface area contributed by atoms with Gasteiger partial charge in [0, 0.05) is 12.1 Å². The van der Waals surface area contributed by atoms with Gasteiger partial charge in [-0.3, -0.25) is 0 Å². The second-order valence-electron chi connectivity index (χ2n) is 4.29. The van der Waals surface area contributed by atoms with E-state index in [2.05, 4.69) is 31.4 Å². The molecule has 1 saturated carbocycles. The van der Waals surface area contributed by atoms with E-state index in [1.165, 1.54) is 36.3 Å². The molecule has 0 atom stereocenters. The molecule has 0 aliphatic heterocycles. The molecule has 1 aromatic carbocycles. The molecule has 1 aliphatic carbocycles. The maximum atomic E-state index is 13.1. The second kappa shape index (κ2) is 5.52. The van der Waals surface area contributed by atoms with Gasteiger partial charge in [0.05, 0.1) is 11.0 Å². The molecule has 0 spiro atoms. The van der Waals surface area contributed by atoms with Gasteiger partial charge in [-0.25, -0.2) is 4.39 Å². The standard InChI is InChI=1S/C12H11BrFN3OS/c13-9-4-1-7(14)5-10(9)18-12-17-16-11(19-12)6-15-8-2-3-8/h1,4-5,8,15H,2-3,6H2. The largest absolute Gasteiger partial charge is 0.428 e. The first-order valence-corrected chi connectivity index (χ1v) is 7.50. The minimum Gasteiger partial charge on any atom is -0.428 e. The molecule has 100 valence electrons. The van der Waals surface area contributed by atoms with Crippen LogP contribution in [0.4, 0.5) is 4.39 Å². The Kier molecular flexibility index (Phi) is 3.76. The number of hydrogen-bond acceptors (Lipinski definition) is 5. The highest BCUT2D eigenvalue weighted by Crippen LogP contribution is 2.32. The van der Waals surface area contributed by atoms with E-state index in [0.717, 1.165) is 5.01 Å². The number of hydrogen-bond donors (Lipinski definition) is 1. The Morgan fingerprint density at radius 1 is 1.42 bits per heavy atom. The summed E-state index contributed by atoms with van der Waals surface area (Å²) >= 11 is 4.67. The lowest BCUT2D eigenvalue weighted by Gasteiger charge is -2.03. The average molecular weight is 344 g/mol. The SMILES string of the molecule is Fc1ccc(Br)c(Oc2nnc(CNC3CC3)s2)c1. The van der Waals surface area contributed by atoms with E-state index < -0.39 is 0 Å². The fourth-order valence-electron chi connectivity index (χ4n) is 1.52. The minimum absolute atomic E-state index is 0.349. The third kappa shape index (κ3) is 3.49.